The Labute approximate surface area is 106 Å². The first-order valence-corrected chi connectivity index (χ1v) is 7.16. The largest absolute Gasteiger partial charge is 0.338 e. The highest BCUT2D eigenvalue weighted by molar-refractivity contribution is 9.09. The van der Waals surface area contributed by atoms with Crippen LogP contribution in [-0.2, 0) is 13.5 Å². The van der Waals surface area contributed by atoms with Crippen LogP contribution in [0.1, 0.15) is 18.7 Å². The lowest BCUT2D eigenvalue weighted by molar-refractivity contribution is 0.324. The number of imidazole rings is 1. The van der Waals surface area contributed by atoms with Gasteiger partial charge in [-0.05, 0) is 25.3 Å². The van der Waals surface area contributed by atoms with Gasteiger partial charge in [0.25, 0.3) is 0 Å². The molecule has 1 unspecified atom stereocenters. The van der Waals surface area contributed by atoms with Crippen molar-refractivity contribution in [1.29, 1.82) is 0 Å². The SMILES string of the molecule is Cn1ccnc1CCN1CCC(CCBr)C1. The van der Waals surface area contributed by atoms with Crippen LogP contribution in [0.15, 0.2) is 12.4 Å². The molecule has 0 aromatic carbocycles. The molecule has 0 spiro atoms. The minimum Gasteiger partial charge on any atom is -0.338 e. The Morgan fingerprint density at radius 3 is 3.12 bits per heavy atom. The first kappa shape index (κ1) is 12.1. The second kappa shape index (κ2) is 5.82. The summed E-state index contributed by atoms with van der Waals surface area (Å²) >= 11 is 3.53. The predicted octanol–water partition coefficient (Wildman–Crippen LogP) is 2.07. The van der Waals surface area contributed by atoms with E-state index in [1.807, 2.05) is 12.4 Å². The minimum absolute atomic E-state index is 0.903. The van der Waals surface area contributed by atoms with Crippen LogP contribution >= 0.6 is 15.9 Å². The highest BCUT2D eigenvalue weighted by Gasteiger charge is 2.21. The highest BCUT2D eigenvalue weighted by Crippen LogP contribution is 2.20. The van der Waals surface area contributed by atoms with Gasteiger partial charge in [-0.1, -0.05) is 15.9 Å². The first-order chi connectivity index (χ1) is 7.79. The summed E-state index contributed by atoms with van der Waals surface area (Å²) in [4.78, 5) is 6.93. The smallest absolute Gasteiger partial charge is 0.109 e. The summed E-state index contributed by atoms with van der Waals surface area (Å²) < 4.78 is 2.12. The van der Waals surface area contributed by atoms with Crippen molar-refractivity contribution < 1.29 is 0 Å². The second-order valence-electron chi connectivity index (χ2n) is 4.64. The summed E-state index contributed by atoms with van der Waals surface area (Å²) in [6, 6.07) is 0. The summed E-state index contributed by atoms with van der Waals surface area (Å²) in [6.45, 7) is 3.70. The van der Waals surface area contributed by atoms with Crippen molar-refractivity contribution in [2.75, 3.05) is 25.0 Å². The maximum absolute atomic E-state index is 4.36. The molecular formula is C12H20BrN3. The van der Waals surface area contributed by atoms with Gasteiger partial charge in [0, 0.05) is 44.3 Å². The zero-order chi connectivity index (χ0) is 11.4. The Balaban J connectivity index is 1.74. The Morgan fingerprint density at radius 1 is 1.56 bits per heavy atom. The van der Waals surface area contributed by atoms with Crippen LogP contribution in [0, 0.1) is 5.92 Å². The lowest BCUT2D eigenvalue weighted by Crippen LogP contribution is -2.24. The van der Waals surface area contributed by atoms with Crippen molar-refractivity contribution in [3.8, 4) is 0 Å². The molecule has 90 valence electrons. The van der Waals surface area contributed by atoms with Crippen molar-refractivity contribution in [3.05, 3.63) is 18.2 Å². The third-order valence-electron chi connectivity index (χ3n) is 3.46. The monoisotopic (exact) mass is 285 g/mol. The number of rotatable bonds is 5. The lowest BCUT2D eigenvalue weighted by atomic mass is 10.1. The molecule has 0 bridgehead atoms. The van der Waals surface area contributed by atoms with Gasteiger partial charge < -0.3 is 9.47 Å². The molecule has 0 N–H and O–H groups in total. The van der Waals surface area contributed by atoms with Crippen molar-refractivity contribution >= 4 is 15.9 Å². The number of aryl methyl sites for hydroxylation is 1. The average molecular weight is 286 g/mol. The molecule has 3 nitrogen and oxygen atoms in total. The normalized spacial score (nSPS) is 21.8. The van der Waals surface area contributed by atoms with E-state index in [1.165, 1.54) is 31.8 Å². The van der Waals surface area contributed by atoms with Gasteiger partial charge in [0.05, 0.1) is 0 Å². The van der Waals surface area contributed by atoms with Gasteiger partial charge in [-0.25, -0.2) is 4.98 Å². The van der Waals surface area contributed by atoms with Gasteiger partial charge in [0.2, 0.25) is 0 Å². The van der Waals surface area contributed by atoms with Crippen LogP contribution in [0.3, 0.4) is 0 Å². The maximum Gasteiger partial charge on any atom is 0.109 e. The van der Waals surface area contributed by atoms with Crippen LogP contribution in [0.2, 0.25) is 0 Å². The van der Waals surface area contributed by atoms with Gasteiger partial charge in [-0.15, -0.1) is 0 Å². The fourth-order valence-corrected chi connectivity index (χ4v) is 3.05. The fraction of sp³-hybridized carbons (Fsp3) is 0.750. The molecule has 2 rings (SSSR count). The molecule has 0 saturated carbocycles. The number of alkyl halides is 1. The van der Waals surface area contributed by atoms with Gasteiger partial charge in [-0.3, -0.25) is 0 Å². The Bertz CT molecular complexity index is 324. The number of hydrogen-bond donors (Lipinski definition) is 0. The van der Waals surface area contributed by atoms with Crippen molar-refractivity contribution in [2.24, 2.45) is 13.0 Å². The molecule has 2 heterocycles. The van der Waals surface area contributed by atoms with Crippen LogP contribution in [0.25, 0.3) is 0 Å². The number of likely N-dealkylation sites (tertiary alicyclic amines) is 1. The molecule has 1 aromatic rings. The fourth-order valence-electron chi connectivity index (χ4n) is 2.40. The third-order valence-corrected chi connectivity index (χ3v) is 3.92. The van der Waals surface area contributed by atoms with E-state index in [2.05, 4.69) is 37.4 Å². The first-order valence-electron chi connectivity index (χ1n) is 6.04. The molecule has 0 aliphatic carbocycles. The minimum atomic E-state index is 0.903. The van der Waals surface area contributed by atoms with Crippen molar-refractivity contribution in [3.63, 3.8) is 0 Å². The van der Waals surface area contributed by atoms with E-state index < -0.39 is 0 Å². The maximum atomic E-state index is 4.36. The molecule has 1 atom stereocenters. The molecular weight excluding hydrogens is 266 g/mol. The van der Waals surface area contributed by atoms with E-state index in [-0.39, 0.29) is 0 Å². The van der Waals surface area contributed by atoms with E-state index in [0.29, 0.717) is 0 Å². The Kier molecular flexibility index (Phi) is 4.41. The number of hydrogen-bond acceptors (Lipinski definition) is 2. The third kappa shape index (κ3) is 3.08. The number of nitrogens with zero attached hydrogens (tertiary/aromatic N) is 3. The van der Waals surface area contributed by atoms with Gasteiger partial charge >= 0.3 is 0 Å². The summed E-state index contributed by atoms with van der Waals surface area (Å²) in [7, 11) is 2.07. The molecule has 1 aliphatic heterocycles. The van der Waals surface area contributed by atoms with Crippen LogP contribution in [0.5, 0.6) is 0 Å². The highest BCUT2D eigenvalue weighted by atomic mass is 79.9. The van der Waals surface area contributed by atoms with Gasteiger partial charge in [0.1, 0.15) is 5.82 Å². The van der Waals surface area contributed by atoms with Crippen LogP contribution in [-0.4, -0.2) is 39.4 Å². The standard InChI is InChI=1S/C12H20BrN3/c1-15-9-6-14-12(15)4-8-16-7-3-11(10-16)2-5-13/h6,9,11H,2-5,7-8,10H2,1H3. The van der Waals surface area contributed by atoms with Crippen molar-refractivity contribution in [2.45, 2.75) is 19.3 Å². The van der Waals surface area contributed by atoms with Crippen LogP contribution in [0.4, 0.5) is 0 Å². The average Bonchev–Trinajstić information content (AvgIpc) is 2.86. The summed E-state index contributed by atoms with van der Waals surface area (Å²) in [6.07, 6.45) is 7.66. The van der Waals surface area contributed by atoms with Gasteiger partial charge in [-0.2, -0.15) is 0 Å². The topological polar surface area (TPSA) is 21.1 Å². The van der Waals surface area contributed by atoms with Gasteiger partial charge in [0.15, 0.2) is 0 Å². The summed E-state index contributed by atoms with van der Waals surface area (Å²) in [5.74, 6) is 2.10. The zero-order valence-corrected chi connectivity index (χ0v) is 11.5. The zero-order valence-electron chi connectivity index (χ0n) is 9.90. The molecule has 4 heteroatoms. The van der Waals surface area contributed by atoms with E-state index in [4.69, 9.17) is 0 Å². The summed E-state index contributed by atoms with van der Waals surface area (Å²) in [5, 5.41) is 1.14. The Morgan fingerprint density at radius 2 is 2.44 bits per heavy atom. The van der Waals surface area contributed by atoms with Crippen LogP contribution < -0.4 is 0 Å². The van der Waals surface area contributed by atoms with Crippen molar-refractivity contribution in [1.82, 2.24) is 14.5 Å². The molecule has 0 radical (unpaired) electrons. The summed E-state index contributed by atoms with van der Waals surface area (Å²) in [5.41, 5.74) is 0. The van der Waals surface area contributed by atoms with E-state index in [0.717, 1.165) is 24.2 Å². The molecule has 16 heavy (non-hydrogen) atoms. The lowest BCUT2D eigenvalue weighted by Gasteiger charge is -2.15. The quantitative estimate of drug-likeness (QED) is 0.773. The van der Waals surface area contributed by atoms with E-state index in [9.17, 15) is 0 Å². The Hall–Kier alpha value is -0.350. The molecule has 1 saturated heterocycles. The van der Waals surface area contributed by atoms with E-state index >= 15 is 0 Å². The predicted molar refractivity (Wildman–Crippen MR) is 69.9 cm³/mol. The number of halogens is 1. The van der Waals surface area contributed by atoms with E-state index in [1.54, 1.807) is 0 Å². The molecule has 1 fully saturated rings. The molecule has 1 aromatic heterocycles. The molecule has 1 aliphatic rings. The second-order valence-corrected chi connectivity index (χ2v) is 5.43. The number of aromatic nitrogens is 2. The molecule has 0 amide bonds.